The SMILES string of the molecule is C[C@@]1(F)[C@H](O)[C@@H](CO)O[C@@]1(C#N)n1ccc(=O)[nH]c1=O. The van der Waals surface area contributed by atoms with Crippen molar-refractivity contribution in [2.45, 2.75) is 30.5 Å². The van der Waals surface area contributed by atoms with Crippen molar-refractivity contribution in [2.75, 3.05) is 6.61 Å². The summed E-state index contributed by atoms with van der Waals surface area (Å²) in [5, 5.41) is 28.1. The highest BCUT2D eigenvalue weighted by molar-refractivity contribution is 5.18. The molecule has 2 rings (SSSR count). The Bertz CT molecular complexity index is 676. The molecule has 0 spiro atoms. The molecule has 0 amide bonds. The average Bonchev–Trinajstić information content (AvgIpc) is 2.59. The molecule has 1 aliphatic rings. The van der Waals surface area contributed by atoms with Gasteiger partial charge in [-0.25, -0.2) is 9.18 Å². The third kappa shape index (κ3) is 1.70. The van der Waals surface area contributed by atoms with Gasteiger partial charge in [0.25, 0.3) is 11.3 Å². The maximum atomic E-state index is 14.8. The molecule has 1 saturated heterocycles. The van der Waals surface area contributed by atoms with Gasteiger partial charge in [0.05, 0.1) is 6.61 Å². The lowest BCUT2D eigenvalue weighted by Crippen LogP contribution is -2.55. The second-order valence-corrected chi connectivity index (χ2v) is 4.60. The third-order valence-electron chi connectivity index (χ3n) is 3.39. The van der Waals surface area contributed by atoms with E-state index in [0.717, 1.165) is 19.2 Å². The van der Waals surface area contributed by atoms with Gasteiger partial charge in [0, 0.05) is 12.3 Å². The normalized spacial score (nSPS) is 36.8. The molecular weight excluding hydrogens is 273 g/mol. The number of nitriles is 1. The Kier molecular flexibility index (Phi) is 3.25. The van der Waals surface area contributed by atoms with E-state index in [-0.39, 0.29) is 0 Å². The molecule has 9 heteroatoms. The summed E-state index contributed by atoms with van der Waals surface area (Å²) >= 11 is 0. The van der Waals surface area contributed by atoms with Crippen molar-refractivity contribution < 1.29 is 19.3 Å². The predicted octanol–water partition coefficient (Wildman–Crippen LogP) is -1.81. The highest BCUT2D eigenvalue weighted by Gasteiger charge is 2.66. The fraction of sp³-hybridized carbons (Fsp3) is 0.545. The van der Waals surface area contributed by atoms with Gasteiger partial charge < -0.3 is 14.9 Å². The summed E-state index contributed by atoms with van der Waals surface area (Å²) in [6.07, 6.45) is -2.29. The summed E-state index contributed by atoms with van der Waals surface area (Å²) in [4.78, 5) is 24.6. The Hall–Kier alpha value is -2.02. The fourth-order valence-electron chi connectivity index (χ4n) is 2.23. The minimum atomic E-state index is -2.67. The second kappa shape index (κ2) is 4.52. The number of nitrogens with zero attached hydrogens (tertiary/aromatic N) is 2. The van der Waals surface area contributed by atoms with Gasteiger partial charge in [-0.15, -0.1) is 0 Å². The Labute approximate surface area is 111 Å². The van der Waals surface area contributed by atoms with Gasteiger partial charge in [-0.2, -0.15) is 5.26 Å². The molecule has 1 aromatic heterocycles. The lowest BCUT2D eigenvalue weighted by Gasteiger charge is -2.32. The molecule has 0 aliphatic carbocycles. The number of alkyl halides is 1. The molecule has 1 aliphatic heterocycles. The van der Waals surface area contributed by atoms with Crippen LogP contribution in [0.4, 0.5) is 4.39 Å². The van der Waals surface area contributed by atoms with E-state index in [1.807, 2.05) is 4.98 Å². The minimum absolute atomic E-state index is 0.549. The molecule has 0 saturated carbocycles. The van der Waals surface area contributed by atoms with Crippen LogP contribution in [0.25, 0.3) is 0 Å². The number of nitrogens with one attached hydrogen (secondary N) is 1. The summed E-state index contributed by atoms with van der Waals surface area (Å²) in [7, 11) is 0. The van der Waals surface area contributed by atoms with E-state index in [2.05, 4.69) is 0 Å². The number of hydrogen-bond acceptors (Lipinski definition) is 6. The van der Waals surface area contributed by atoms with Crippen LogP contribution in [0.2, 0.25) is 0 Å². The van der Waals surface area contributed by atoms with Crippen molar-refractivity contribution in [3.05, 3.63) is 33.1 Å². The molecule has 0 bridgehead atoms. The number of aliphatic hydroxyl groups is 2. The number of H-pyrrole nitrogens is 1. The fourth-order valence-corrected chi connectivity index (χ4v) is 2.23. The largest absolute Gasteiger partial charge is 0.394 e. The van der Waals surface area contributed by atoms with E-state index < -0.39 is 41.5 Å². The van der Waals surface area contributed by atoms with Crippen LogP contribution in [0.15, 0.2) is 21.9 Å². The molecule has 0 unspecified atom stereocenters. The highest BCUT2D eigenvalue weighted by Crippen LogP contribution is 2.45. The van der Waals surface area contributed by atoms with Crippen molar-refractivity contribution in [2.24, 2.45) is 0 Å². The van der Waals surface area contributed by atoms with E-state index in [4.69, 9.17) is 9.84 Å². The molecule has 1 fully saturated rings. The van der Waals surface area contributed by atoms with Gasteiger partial charge in [0.1, 0.15) is 18.3 Å². The van der Waals surface area contributed by atoms with Crippen LogP contribution < -0.4 is 11.2 Å². The number of hydrogen-bond donors (Lipinski definition) is 3. The topological polar surface area (TPSA) is 128 Å². The lowest BCUT2D eigenvalue weighted by molar-refractivity contribution is -0.120. The summed E-state index contributed by atoms with van der Waals surface area (Å²) in [6, 6.07) is 2.43. The Morgan fingerprint density at radius 3 is 2.75 bits per heavy atom. The first-order valence-electron chi connectivity index (χ1n) is 5.69. The first kappa shape index (κ1) is 14.4. The number of aliphatic hydroxyl groups excluding tert-OH is 2. The Balaban J connectivity index is 2.70. The summed E-state index contributed by atoms with van der Waals surface area (Å²) < 4.78 is 20.4. The average molecular weight is 285 g/mol. The summed E-state index contributed by atoms with van der Waals surface area (Å²) in [6.45, 7) is 0.149. The van der Waals surface area contributed by atoms with Gasteiger partial charge in [0.2, 0.25) is 0 Å². The van der Waals surface area contributed by atoms with Crippen molar-refractivity contribution in [3.63, 3.8) is 0 Å². The number of rotatable bonds is 2. The van der Waals surface area contributed by atoms with Crippen LogP contribution in [0.1, 0.15) is 6.92 Å². The van der Waals surface area contributed by atoms with E-state index in [1.165, 1.54) is 6.07 Å². The third-order valence-corrected chi connectivity index (χ3v) is 3.39. The molecule has 0 aromatic carbocycles. The molecule has 20 heavy (non-hydrogen) atoms. The zero-order chi connectivity index (χ0) is 15.1. The van der Waals surface area contributed by atoms with Crippen molar-refractivity contribution >= 4 is 0 Å². The molecule has 8 nitrogen and oxygen atoms in total. The van der Waals surface area contributed by atoms with Crippen LogP contribution in [0.5, 0.6) is 0 Å². The second-order valence-electron chi connectivity index (χ2n) is 4.60. The number of ether oxygens (including phenoxy) is 1. The Morgan fingerprint density at radius 2 is 2.30 bits per heavy atom. The maximum Gasteiger partial charge on any atom is 0.331 e. The van der Waals surface area contributed by atoms with E-state index in [9.17, 15) is 24.3 Å². The van der Waals surface area contributed by atoms with Crippen molar-refractivity contribution in [3.8, 4) is 6.07 Å². The van der Waals surface area contributed by atoms with Gasteiger partial charge in [-0.3, -0.25) is 14.3 Å². The first-order chi connectivity index (χ1) is 9.30. The number of halogens is 1. The molecule has 2 heterocycles. The van der Waals surface area contributed by atoms with Crippen molar-refractivity contribution in [1.29, 1.82) is 5.26 Å². The summed E-state index contributed by atoms with van der Waals surface area (Å²) in [5.74, 6) is 0. The predicted molar refractivity (Wildman–Crippen MR) is 62.4 cm³/mol. The van der Waals surface area contributed by atoms with Crippen LogP contribution in [0, 0.1) is 11.3 Å². The maximum absolute atomic E-state index is 14.8. The van der Waals surface area contributed by atoms with Gasteiger partial charge in [0.15, 0.2) is 5.67 Å². The zero-order valence-corrected chi connectivity index (χ0v) is 10.4. The monoisotopic (exact) mass is 285 g/mol. The molecule has 108 valence electrons. The lowest BCUT2D eigenvalue weighted by atomic mass is 9.90. The number of aromatic amines is 1. The van der Waals surface area contributed by atoms with Gasteiger partial charge in [-0.1, -0.05) is 0 Å². The quantitative estimate of drug-likeness (QED) is 0.587. The first-order valence-corrected chi connectivity index (χ1v) is 5.69. The van der Waals surface area contributed by atoms with E-state index in [0.29, 0.717) is 4.57 Å². The number of aromatic nitrogens is 2. The van der Waals surface area contributed by atoms with Crippen LogP contribution >= 0.6 is 0 Å². The molecule has 3 N–H and O–H groups in total. The highest BCUT2D eigenvalue weighted by atomic mass is 19.1. The molecule has 1 aromatic rings. The minimum Gasteiger partial charge on any atom is -0.394 e. The van der Waals surface area contributed by atoms with Crippen LogP contribution in [-0.4, -0.2) is 44.2 Å². The van der Waals surface area contributed by atoms with E-state index >= 15 is 0 Å². The van der Waals surface area contributed by atoms with Crippen molar-refractivity contribution in [1.82, 2.24) is 9.55 Å². The molecular formula is C11H12FN3O5. The standard InChI is InChI=1S/C11H12FN3O5/c1-10(12)8(18)6(4-16)20-11(10,5-13)15-3-2-7(17)14-9(15)19/h2-3,6,8,16,18H,4H2,1H3,(H,14,17,19)/t6-,8-,10-,11-/m1/s1. The Morgan fingerprint density at radius 1 is 1.65 bits per heavy atom. The smallest absolute Gasteiger partial charge is 0.331 e. The zero-order valence-electron chi connectivity index (χ0n) is 10.4. The van der Waals surface area contributed by atoms with E-state index in [1.54, 1.807) is 0 Å². The van der Waals surface area contributed by atoms with Crippen LogP contribution in [0.3, 0.4) is 0 Å². The van der Waals surface area contributed by atoms with Crippen LogP contribution in [-0.2, 0) is 10.5 Å². The molecule has 4 atom stereocenters. The molecule has 0 radical (unpaired) electrons. The van der Waals surface area contributed by atoms with Gasteiger partial charge >= 0.3 is 5.69 Å². The summed E-state index contributed by atoms with van der Waals surface area (Å²) in [5.41, 5.74) is -6.94. The van der Waals surface area contributed by atoms with Gasteiger partial charge in [-0.05, 0) is 6.92 Å².